The number of allylic oxidation sites excluding steroid dienone is 2. The summed E-state index contributed by atoms with van der Waals surface area (Å²) >= 11 is 0. The van der Waals surface area contributed by atoms with Gasteiger partial charge in [-0.25, -0.2) is 4.39 Å². The lowest BCUT2D eigenvalue weighted by Gasteiger charge is -2.09. The van der Waals surface area contributed by atoms with Gasteiger partial charge in [-0.15, -0.1) is 0 Å². The van der Waals surface area contributed by atoms with Gasteiger partial charge in [0.25, 0.3) is 0 Å². The van der Waals surface area contributed by atoms with Gasteiger partial charge in [-0.05, 0) is 41.3 Å². The molecule has 2 aromatic rings. The molecule has 130 valence electrons. The molecule has 0 amide bonds. The molecule has 2 aromatic carbocycles. The van der Waals surface area contributed by atoms with Crippen LogP contribution in [0.2, 0.25) is 0 Å². The summed E-state index contributed by atoms with van der Waals surface area (Å²) in [7, 11) is 0. The average molecular weight is 335 g/mol. The summed E-state index contributed by atoms with van der Waals surface area (Å²) in [6, 6.07) is 20.7. The topological polar surface area (TPSA) is 12.0 Å². The molecule has 0 aliphatic carbocycles. The lowest BCUT2D eigenvalue weighted by atomic mass is 9.97. The van der Waals surface area contributed by atoms with Gasteiger partial charge in [0.05, 0.1) is 0 Å². The van der Waals surface area contributed by atoms with Crippen LogP contribution < -0.4 is 5.32 Å². The Labute approximate surface area is 151 Å². The first-order valence-corrected chi connectivity index (χ1v) is 8.40. The van der Waals surface area contributed by atoms with Crippen LogP contribution in [0.5, 0.6) is 0 Å². The second-order valence-corrected chi connectivity index (χ2v) is 5.69. The standard InChI is InChI=1S/C23H24FN.H2/c1-3-20(17-19(2)24)18-25-16-10-15-23(21-11-6-4-7-12-21)22-13-8-5-9-14-22;/h3-9,11-15,17,25H,1-2,10,16,18H2;1H/b20-17+;. The second-order valence-electron chi connectivity index (χ2n) is 5.69. The number of halogens is 1. The molecular formula is C23H26FN. The van der Waals surface area contributed by atoms with Crippen LogP contribution in [-0.2, 0) is 0 Å². The van der Waals surface area contributed by atoms with Gasteiger partial charge in [-0.1, -0.05) is 86.0 Å². The molecule has 0 bridgehead atoms. The Balaban J connectivity index is 0.00000338. The molecule has 0 saturated heterocycles. The zero-order valence-electron chi connectivity index (χ0n) is 14.4. The van der Waals surface area contributed by atoms with Gasteiger partial charge in [0, 0.05) is 7.97 Å². The van der Waals surface area contributed by atoms with E-state index in [1.807, 2.05) is 12.1 Å². The Hall–Kier alpha value is -2.71. The molecule has 0 atom stereocenters. The van der Waals surface area contributed by atoms with Crippen molar-refractivity contribution in [3.63, 3.8) is 0 Å². The van der Waals surface area contributed by atoms with Crippen LogP contribution in [0.15, 0.2) is 103 Å². The molecular weight excluding hydrogens is 309 g/mol. The van der Waals surface area contributed by atoms with E-state index in [4.69, 9.17) is 0 Å². The molecule has 0 fully saturated rings. The zero-order valence-corrected chi connectivity index (χ0v) is 14.4. The zero-order chi connectivity index (χ0) is 17.9. The molecule has 0 saturated carbocycles. The highest BCUT2D eigenvalue weighted by Crippen LogP contribution is 2.23. The van der Waals surface area contributed by atoms with E-state index in [1.165, 1.54) is 22.8 Å². The molecule has 1 nitrogen and oxygen atoms in total. The highest BCUT2D eigenvalue weighted by molar-refractivity contribution is 5.79. The minimum absolute atomic E-state index is 0. The van der Waals surface area contributed by atoms with Gasteiger partial charge in [0.15, 0.2) is 0 Å². The molecule has 25 heavy (non-hydrogen) atoms. The van der Waals surface area contributed by atoms with Gasteiger partial charge >= 0.3 is 0 Å². The van der Waals surface area contributed by atoms with Gasteiger partial charge in [-0.3, -0.25) is 0 Å². The van der Waals surface area contributed by atoms with Crippen LogP contribution in [0, 0.1) is 0 Å². The highest BCUT2D eigenvalue weighted by Gasteiger charge is 2.03. The van der Waals surface area contributed by atoms with Crippen LogP contribution >= 0.6 is 0 Å². The van der Waals surface area contributed by atoms with E-state index in [1.54, 1.807) is 6.08 Å². The molecule has 0 aliphatic rings. The predicted molar refractivity (Wildman–Crippen MR) is 108 cm³/mol. The quantitative estimate of drug-likeness (QED) is 0.442. The molecule has 0 aliphatic heterocycles. The molecule has 1 N–H and O–H groups in total. The SMILES string of the molecule is C=C/C(=C\C(=C)F)CNCCC=C(c1ccccc1)c1ccccc1.[HH]. The fourth-order valence-corrected chi connectivity index (χ4v) is 2.57. The van der Waals surface area contributed by atoms with E-state index < -0.39 is 5.83 Å². The summed E-state index contributed by atoms with van der Waals surface area (Å²) in [6.45, 7) is 8.32. The number of rotatable bonds is 9. The van der Waals surface area contributed by atoms with Crippen molar-refractivity contribution in [2.45, 2.75) is 6.42 Å². The van der Waals surface area contributed by atoms with Crippen LogP contribution in [0.3, 0.4) is 0 Å². The minimum atomic E-state index is -0.452. The summed E-state index contributed by atoms with van der Waals surface area (Å²) < 4.78 is 12.8. The summed E-state index contributed by atoms with van der Waals surface area (Å²) in [5.41, 5.74) is 4.42. The summed E-state index contributed by atoms with van der Waals surface area (Å²) in [5, 5.41) is 3.31. The van der Waals surface area contributed by atoms with Crippen LogP contribution in [-0.4, -0.2) is 13.1 Å². The van der Waals surface area contributed by atoms with E-state index >= 15 is 0 Å². The van der Waals surface area contributed by atoms with Crippen LogP contribution in [0.4, 0.5) is 4.39 Å². The first-order valence-electron chi connectivity index (χ1n) is 8.40. The Bertz CT molecular complexity index is 707. The van der Waals surface area contributed by atoms with Crippen LogP contribution in [0.25, 0.3) is 5.57 Å². The largest absolute Gasteiger partial charge is 0.312 e. The first-order chi connectivity index (χ1) is 12.2. The fraction of sp³-hybridized carbons (Fsp3) is 0.130. The molecule has 0 unspecified atom stereocenters. The summed E-state index contributed by atoms with van der Waals surface area (Å²) in [5.74, 6) is -0.452. The summed E-state index contributed by atoms with van der Waals surface area (Å²) in [6.07, 6.45) is 6.16. The van der Waals surface area contributed by atoms with Gasteiger partial charge < -0.3 is 5.32 Å². The first kappa shape index (κ1) is 18.6. The van der Waals surface area contributed by atoms with E-state index in [2.05, 4.69) is 73.1 Å². The number of nitrogens with one attached hydrogen (secondary N) is 1. The third kappa shape index (κ3) is 6.36. The van der Waals surface area contributed by atoms with E-state index in [0.717, 1.165) is 18.5 Å². The van der Waals surface area contributed by atoms with Crippen molar-refractivity contribution in [1.82, 2.24) is 5.32 Å². The fourth-order valence-electron chi connectivity index (χ4n) is 2.57. The molecule has 0 radical (unpaired) electrons. The Morgan fingerprint density at radius 1 is 1.00 bits per heavy atom. The molecule has 2 heteroatoms. The normalized spacial score (nSPS) is 11.0. The van der Waals surface area contributed by atoms with Crippen LogP contribution in [0.1, 0.15) is 19.0 Å². The van der Waals surface area contributed by atoms with Crippen molar-refractivity contribution in [2.24, 2.45) is 0 Å². The molecule has 2 rings (SSSR count). The lowest BCUT2D eigenvalue weighted by Crippen LogP contribution is -2.17. The van der Waals surface area contributed by atoms with Crippen molar-refractivity contribution in [3.05, 3.63) is 115 Å². The van der Waals surface area contributed by atoms with E-state index in [-0.39, 0.29) is 1.43 Å². The smallest absolute Gasteiger partial charge is 0.116 e. The summed E-state index contributed by atoms with van der Waals surface area (Å²) in [4.78, 5) is 0. The van der Waals surface area contributed by atoms with Crippen molar-refractivity contribution in [2.75, 3.05) is 13.1 Å². The molecule has 0 spiro atoms. The number of hydrogen-bond donors (Lipinski definition) is 1. The number of hydrogen-bond acceptors (Lipinski definition) is 1. The Kier molecular flexibility index (Phi) is 7.61. The van der Waals surface area contributed by atoms with Gasteiger partial charge in [0.2, 0.25) is 0 Å². The molecule has 0 aromatic heterocycles. The minimum Gasteiger partial charge on any atom is -0.312 e. The average Bonchev–Trinajstić information content (AvgIpc) is 2.64. The third-order valence-corrected chi connectivity index (χ3v) is 3.77. The van der Waals surface area contributed by atoms with Crippen molar-refractivity contribution < 1.29 is 5.82 Å². The van der Waals surface area contributed by atoms with Gasteiger partial charge in [0.1, 0.15) is 5.83 Å². The monoisotopic (exact) mass is 335 g/mol. The number of benzene rings is 2. The van der Waals surface area contributed by atoms with E-state index in [9.17, 15) is 4.39 Å². The van der Waals surface area contributed by atoms with E-state index in [0.29, 0.717) is 6.54 Å². The second kappa shape index (κ2) is 10.2. The Morgan fingerprint density at radius 3 is 2.04 bits per heavy atom. The van der Waals surface area contributed by atoms with Gasteiger partial charge in [-0.2, -0.15) is 0 Å². The Morgan fingerprint density at radius 2 is 1.56 bits per heavy atom. The maximum absolute atomic E-state index is 12.8. The third-order valence-electron chi connectivity index (χ3n) is 3.77. The maximum atomic E-state index is 12.8. The van der Waals surface area contributed by atoms with Crippen molar-refractivity contribution >= 4 is 5.57 Å². The van der Waals surface area contributed by atoms with Crippen molar-refractivity contribution in [1.29, 1.82) is 0 Å². The lowest BCUT2D eigenvalue weighted by molar-refractivity contribution is 0.667. The predicted octanol–water partition coefficient (Wildman–Crippen LogP) is 5.94. The van der Waals surface area contributed by atoms with Crippen molar-refractivity contribution in [3.8, 4) is 0 Å². The maximum Gasteiger partial charge on any atom is 0.116 e. The highest BCUT2D eigenvalue weighted by atomic mass is 19.1. The molecule has 0 heterocycles.